The van der Waals surface area contributed by atoms with Crippen molar-refractivity contribution >= 4 is 35.2 Å². The van der Waals surface area contributed by atoms with E-state index >= 15 is 0 Å². The van der Waals surface area contributed by atoms with E-state index in [9.17, 15) is 22.8 Å². The lowest BCUT2D eigenvalue weighted by Gasteiger charge is -2.09. The Morgan fingerprint density at radius 3 is 2.61 bits per heavy atom. The number of thiophene rings is 1. The molecular formula is C13H12F3NO5S. The number of allylic oxidation sites excluding steroid dienone is 1. The molecule has 1 heterocycles. The summed E-state index contributed by atoms with van der Waals surface area (Å²) >= 11 is 0.961. The van der Waals surface area contributed by atoms with Crippen molar-refractivity contribution < 1.29 is 37.3 Å². The van der Waals surface area contributed by atoms with E-state index in [1.165, 1.54) is 18.4 Å². The maximum atomic E-state index is 12.6. The largest absolute Gasteiger partial charge is 0.504 e. The number of aliphatic hydroxyl groups is 1. The van der Waals surface area contributed by atoms with E-state index in [0.717, 1.165) is 18.4 Å². The minimum Gasteiger partial charge on any atom is -0.504 e. The van der Waals surface area contributed by atoms with Crippen LogP contribution in [-0.4, -0.2) is 43.2 Å². The Labute approximate surface area is 132 Å². The molecule has 0 aliphatic rings. The highest BCUT2D eigenvalue weighted by Crippen LogP contribution is 2.28. The van der Waals surface area contributed by atoms with Gasteiger partial charge in [0.05, 0.1) is 19.4 Å². The fourth-order valence-electron chi connectivity index (χ4n) is 1.36. The molecule has 10 heteroatoms. The average Bonchev–Trinajstić information content (AvgIpc) is 2.94. The van der Waals surface area contributed by atoms with Gasteiger partial charge < -0.3 is 14.6 Å². The van der Waals surface area contributed by atoms with Crippen molar-refractivity contribution in [3.8, 4) is 0 Å². The molecule has 0 atom stereocenters. The summed E-state index contributed by atoms with van der Waals surface area (Å²) in [4.78, 5) is 26.7. The number of nitrogens with zero attached hydrogens (tertiary/aromatic N) is 1. The molecule has 0 radical (unpaired) electrons. The molecule has 6 nitrogen and oxygen atoms in total. The van der Waals surface area contributed by atoms with Crippen LogP contribution in [0.4, 0.5) is 18.9 Å². The minimum absolute atomic E-state index is 0.00128. The first-order valence-electron chi connectivity index (χ1n) is 6.09. The molecule has 0 aliphatic carbocycles. The second kappa shape index (κ2) is 7.77. The topological polar surface area (TPSA) is 85.2 Å². The molecule has 0 amide bonds. The van der Waals surface area contributed by atoms with E-state index in [0.29, 0.717) is 6.21 Å². The number of alkyl halides is 3. The number of methoxy groups -OCH3 is 1. The zero-order valence-corrected chi connectivity index (χ0v) is 12.8. The van der Waals surface area contributed by atoms with Crippen molar-refractivity contribution in [2.45, 2.75) is 13.1 Å². The molecule has 1 N–H and O–H groups in total. The molecule has 0 saturated heterocycles. The molecule has 0 spiro atoms. The van der Waals surface area contributed by atoms with Gasteiger partial charge in [0.15, 0.2) is 0 Å². The lowest BCUT2D eigenvalue weighted by Crippen LogP contribution is -2.20. The van der Waals surface area contributed by atoms with Gasteiger partial charge in [0.1, 0.15) is 10.5 Å². The predicted molar refractivity (Wildman–Crippen MR) is 76.2 cm³/mol. The molecule has 1 aromatic rings. The maximum absolute atomic E-state index is 12.6. The van der Waals surface area contributed by atoms with Crippen LogP contribution in [0.25, 0.3) is 0 Å². The smallest absolute Gasteiger partial charge is 0.449 e. The lowest BCUT2D eigenvalue weighted by molar-refractivity contribution is -0.141. The van der Waals surface area contributed by atoms with Crippen LogP contribution in [0.5, 0.6) is 0 Å². The van der Waals surface area contributed by atoms with E-state index < -0.39 is 29.4 Å². The Morgan fingerprint density at radius 2 is 2.09 bits per heavy atom. The van der Waals surface area contributed by atoms with Crippen LogP contribution in [0.3, 0.4) is 0 Å². The highest BCUT2D eigenvalue weighted by atomic mass is 32.1. The van der Waals surface area contributed by atoms with Crippen LogP contribution in [-0.2, 0) is 14.3 Å². The quantitative estimate of drug-likeness (QED) is 0.381. The van der Waals surface area contributed by atoms with Gasteiger partial charge in [0.25, 0.3) is 0 Å². The van der Waals surface area contributed by atoms with E-state index in [4.69, 9.17) is 5.11 Å². The third-order valence-electron chi connectivity index (χ3n) is 2.37. The first kappa shape index (κ1) is 18.7. The Kier molecular flexibility index (Phi) is 6.31. The number of aliphatic imine (C=N–C) groups is 1. The number of aliphatic hydroxyl groups excluding tert-OH is 1. The van der Waals surface area contributed by atoms with Gasteiger partial charge in [-0.05, 0) is 18.4 Å². The summed E-state index contributed by atoms with van der Waals surface area (Å²) in [6, 6.07) is 1.35. The van der Waals surface area contributed by atoms with E-state index in [-0.39, 0.29) is 17.2 Å². The zero-order chi connectivity index (χ0) is 17.6. The Bertz CT molecular complexity index is 648. The fourth-order valence-corrected chi connectivity index (χ4v) is 2.11. The van der Waals surface area contributed by atoms with E-state index in [1.807, 2.05) is 0 Å². The monoisotopic (exact) mass is 351 g/mol. The number of carbonyl (C=O) groups is 2. The van der Waals surface area contributed by atoms with Crippen LogP contribution in [0.15, 0.2) is 27.8 Å². The lowest BCUT2D eigenvalue weighted by atomic mass is 10.2. The van der Waals surface area contributed by atoms with Crippen molar-refractivity contribution in [1.82, 2.24) is 0 Å². The van der Waals surface area contributed by atoms with Crippen molar-refractivity contribution in [3.05, 3.63) is 27.7 Å². The van der Waals surface area contributed by atoms with Crippen LogP contribution >= 0.6 is 11.3 Å². The molecule has 23 heavy (non-hydrogen) atoms. The molecule has 0 bridgehead atoms. The number of hydrogen-bond donors (Lipinski definition) is 1. The summed E-state index contributed by atoms with van der Waals surface area (Å²) < 4.78 is 46.7. The molecular weight excluding hydrogens is 339 g/mol. The van der Waals surface area contributed by atoms with Gasteiger partial charge in [-0.3, -0.25) is 4.99 Å². The van der Waals surface area contributed by atoms with Crippen molar-refractivity contribution in [3.63, 3.8) is 0 Å². The maximum Gasteiger partial charge on any atom is 0.449 e. The molecule has 126 valence electrons. The number of carbonyl (C=O) groups excluding carboxylic acids is 2. The van der Waals surface area contributed by atoms with Gasteiger partial charge in [-0.2, -0.15) is 13.2 Å². The standard InChI is InChI=1S/C13H12F3NO5S/c1-3-22-11(19)7(10(18)13(14,15)16)6-17-8-4-5-23-9(8)12(20)21-2/h4-6,18H,3H2,1-2H3. The summed E-state index contributed by atoms with van der Waals surface area (Å²) in [5.41, 5.74) is -1.17. The first-order chi connectivity index (χ1) is 10.7. The Morgan fingerprint density at radius 1 is 1.43 bits per heavy atom. The van der Waals surface area contributed by atoms with Crippen LogP contribution in [0, 0.1) is 0 Å². The number of esters is 2. The molecule has 1 aromatic heterocycles. The van der Waals surface area contributed by atoms with Crippen LogP contribution < -0.4 is 0 Å². The third kappa shape index (κ3) is 4.81. The summed E-state index contributed by atoms with van der Waals surface area (Å²) in [6.45, 7) is 1.21. The predicted octanol–water partition coefficient (Wildman–Crippen LogP) is 3.17. The zero-order valence-electron chi connectivity index (χ0n) is 12.0. The van der Waals surface area contributed by atoms with Gasteiger partial charge in [-0.15, -0.1) is 11.3 Å². The Balaban J connectivity index is 3.24. The summed E-state index contributed by atoms with van der Waals surface area (Å²) in [5.74, 6) is -4.25. The minimum atomic E-state index is -5.14. The summed E-state index contributed by atoms with van der Waals surface area (Å²) in [5, 5.41) is 10.6. The molecule has 0 aliphatic heterocycles. The van der Waals surface area contributed by atoms with Gasteiger partial charge >= 0.3 is 18.1 Å². The molecule has 1 rings (SSSR count). The van der Waals surface area contributed by atoms with Crippen LogP contribution in [0.2, 0.25) is 0 Å². The van der Waals surface area contributed by atoms with Crippen molar-refractivity contribution in [2.75, 3.05) is 13.7 Å². The normalized spacial score (nSPS) is 12.9. The highest BCUT2D eigenvalue weighted by molar-refractivity contribution is 7.12. The molecule has 0 fully saturated rings. The average molecular weight is 351 g/mol. The Hall–Kier alpha value is -2.36. The van der Waals surface area contributed by atoms with Crippen LogP contribution in [0.1, 0.15) is 16.6 Å². The molecule has 0 aromatic carbocycles. The number of hydrogen-bond acceptors (Lipinski definition) is 7. The van der Waals surface area contributed by atoms with Gasteiger partial charge in [0.2, 0.25) is 5.76 Å². The van der Waals surface area contributed by atoms with Crippen molar-refractivity contribution in [1.29, 1.82) is 0 Å². The first-order valence-corrected chi connectivity index (χ1v) is 6.97. The van der Waals surface area contributed by atoms with E-state index in [2.05, 4.69) is 14.5 Å². The number of rotatable bonds is 5. The fraction of sp³-hybridized carbons (Fsp3) is 0.308. The van der Waals surface area contributed by atoms with Gasteiger partial charge in [0, 0.05) is 6.21 Å². The summed E-state index contributed by atoms with van der Waals surface area (Å²) in [7, 11) is 1.13. The van der Waals surface area contributed by atoms with Gasteiger partial charge in [-0.25, -0.2) is 9.59 Å². The molecule has 0 saturated carbocycles. The van der Waals surface area contributed by atoms with Crippen molar-refractivity contribution in [2.24, 2.45) is 4.99 Å². The van der Waals surface area contributed by atoms with Gasteiger partial charge in [-0.1, -0.05) is 0 Å². The summed E-state index contributed by atoms with van der Waals surface area (Å²) in [6.07, 6.45) is -4.65. The van der Waals surface area contributed by atoms with E-state index in [1.54, 1.807) is 0 Å². The highest BCUT2D eigenvalue weighted by Gasteiger charge is 2.38. The SMILES string of the molecule is CCOC(=O)C(C=Nc1ccsc1C(=O)OC)=C(O)C(F)(F)F. The molecule has 0 unspecified atom stereocenters. The number of halogens is 3. The number of ether oxygens (including phenoxy) is 2. The second-order valence-electron chi connectivity index (χ2n) is 3.87. The second-order valence-corrected chi connectivity index (χ2v) is 4.78. The third-order valence-corrected chi connectivity index (χ3v) is 3.25.